The van der Waals surface area contributed by atoms with Crippen LogP contribution >= 0.6 is 31.3 Å². The molecule has 0 heterocycles. The summed E-state index contributed by atoms with van der Waals surface area (Å²) < 4.78 is 60.5. The molecule has 0 radical (unpaired) electrons. The minimum Gasteiger partial charge on any atom is -0.387 e. The largest absolute Gasteiger partial charge is 0.470 e. The Morgan fingerprint density at radius 1 is 0.429 bits per heavy atom. The van der Waals surface area contributed by atoms with Crippen LogP contribution in [0.15, 0.2) is 0 Å². The third kappa shape index (κ3) is 8.62. The molecule has 0 saturated heterocycles. The van der Waals surface area contributed by atoms with Gasteiger partial charge in [0.1, 0.15) is 36.6 Å². The van der Waals surface area contributed by atoms with Crippen molar-refractivity contribution in [3.05, 3.63) is 0 Å². The molecule has 1 aliphatic carbocycles. The molecule has 28 heavy (non-hydrogen) atoms. The lowest BCUT2D eigenvalue weighted by molar-refractivity contribution is -0.208. The van der Waals surface area contributed by atoms with Gasteiger partial charge in [0, 0.05) is 0 Å². The number of hydrogen-bond donors (Lipinski definition) is 10. The van der Waals surface area contributed by atoms with Gasteiger partial charge >= 0.3 is 31.3 Å². The van der Waals surface area contributed by atoms with Gasteiger partial charge in [-0.2, -0.15) is 0 Å². The summed E-state index contributed by atoms with van der Waals surface area (Å²) in [5.74, 6) is 0. The van der Waals surface area contributed by atoms with Crippen LogP contribution in [-0.4, -0.2) is 86.0 Å². The van der Waals surface area contributed by atoms with Crippen molar-refractivity contribution in [1.29, 1.82) is 0 Å². The van der Waals surface area contributed by atoms with E-state index in [2.05, 4.69) is 18.1 Å². The number of hydrogen-bond acceptors (Lipinski definition) is 10. The summed E-state index contributed by atoms with van der Waals surface area (Å²) >= 11 is 0. The van der Waals surface area contributed by atoms with Crippen LogP contribution in [0.3, 0.4) is 0 Å². The van der Waals surface area contributed by atoms with Crippen molar-refractivity contribution in [2.45, 2.75) is 36.6 Å². The second-order valence-electron chi connectivity index (χ2n) is 5.22. The van der Waals surface area contributed by atoms with Crippen molar-refractivity contribution < 1.29 is 85.7 Å². The fourth-order valence-corrected chi connectivity index (χ4v) is 4.52. The lowest BCUT2D eigenvalue weighted by Gasteiger charge is -2.45. The van der Waals surface area contributed by atoms with Crippen LogP contribution in [0, 0.1) is 0 Å². The summed E-state index contributed by atoms with van der Waals surface area (Å²) in [4.78, 5) is 71.0. The summed E-state index contributed by atoms with van der Waals surface area (Å²) in [5.41, 5.74) is 0. The average Bonchev–Trinajstić information content (AvgIpc) is 2.39. The average molecular weight is 500 g/mol. The van der Waals surface area contributed by atoms with Crippen LogP contribution < -0.4 is 0 Å². The monoisotopic (exact) mass is 500 g/mol. The number of phosphoric ester groups is 4. The second kappa shape index (κ2) is 8.85. The highest BCUT2D eigenvalue weighted by molar-refractivity contribution is 7.47. The molecule has 2 unspecified atom stereocenters. The molecule has 1 aliphatic rings. The summed E-state index contributed by atoms with van der Waals surface area (Å²) in [6.45, 7) is 0. The third-order valence-corrected chi connectivity index (χ3v) is 5.10. The molecule has 0 aromatic heterocycles. The maximum Gasteiger partial charge on any atom is 0.470 e. The van der Waals surface area contributed by atoms with Crippen LogP contribution in [0.1, 0.15) is 0 Å². The van der Waals surface area contributed by atoms with Gasteiger partial charge in [-0.3, -0.25) is 18.1 Å². The van der Waals surface area contributed by atoms with Gasteiger partial charge in [0.2, 0.25) is 0 Å². The van der Waals surface area contributed by atoms with E-state index in [1.165, 1.54) is 0 Å². The van der Waals surface area contributed by atoms with Crippen LogP contribution in [0.25, 0.3) is 0 Å². The number of phosphoric acid groups is 4. The molecule has 1 saturated carbocycles. The first-order valence-electron chi connectivity index (χ1n) is 6.52. The Morgan fingerprint density at radius 2 is 0.643 bits per heavy atom. The topological polar surface area (TPSA) is 308 Å². The summed E-state index contributed by atoms with van der Waals surface area (Å²) in [5, 5.41) is 20.1. The van der Waals surface area contributed by atoms with Crippen molar-refractivity contribution >= 4 is 31.3 Å². The van der Waals surface area contributed by atoms with Crippen LogP contribution in [0.5, 0.6) is 0 Å². The Kier molecular flexibility index (Phi) is 8.34. The van der Waals surface area contributed by atoms with Crippen LogP contribution in [-0.2, 0) is 36.4 Å². The molecule has 1 rings (SSSR count). The Morgan fingerprint density at radius 3 is 0.893 bits per heavy atom. The summed E-state index contributed by atoms with van der Waals surface area (Å²) in [6.07, 6.45) is -15.9. The minimum absolute atomic E-state index is 2.56. The van der Waals surface area contributed by atoms with E-state index in [9.17, 15) is 28.5 Å². The molecule has 168 valence electrons. The standard InChI is InChI=1S/C6H16O18P4/c7-1-3(21-25(9,10)11)2(8)5(23-27(15,16)17)6(24-28(18,19)20)4(1)22-26(12,13)14/h1-8H,(H2,9,10,11)(H2,12,13,14)(H2,15,16,17)(H2,18,19,20)/t1-,2+,3?,4-,5-,6?/m0/s1. The van der Waals surface area contributed by atoms with Crippen molar-refractivity contribution in [2.75, 3.05) is 0 Å². The van der Waals surface area contributed by atoms with Crippen LogP contribution in [0.4, 0.5) is 0 Å². The molecular formula is C6H16O18P4. The van der Waals surface area contributed by atoms with E-state index in [4.69, 9.17) is 39.1 Å². The van der Waals surface area contributed by atoms with Crippen molar-refractivity contribution in [2.24, 2.45) is 0 Å². The molecule has 22 heteroatoms. The van der Waals surface area contributed by atoms with Gasteiger partial charge in [0.05, 0.1) is 0 Å². The Hall–Kier alpha value is 0.360. The molecule has 0 aromatic rings. The second-order valence-corrected chi connectivity index (χ2v) is 9.99. The zero-order chi connectivity index (χ0) is 22.3. The van der Waals surface area contributed by atoms with Gasteiger partial charge < -0.3 is 49.4 Å². The van der Waals surface area contributed by atoms with E-state index in [-0.39, 0.29) is 0 Å². The Balaban J connectivity index is 3.50. The molecule has 0 aliphatic heterocycles. The molecule has 0 bridgehead atoms. The predicted octanol–water partition coefficient (Wildman–Crippen LogP) is -3.37. The van der Waals surface area contributed by atoms with Crippen molar-refractivity contribution in [3.63, 3.8) is 0 Å². The van der Waals surface area contributed by atoms with E-state index >= 15 is 0 Å². The molecule has 18 nitrogen and oxygen atoms in total. The summed E-state index contributed by atoms with van der Waals surface area (Å²) in [6, 6.07) is 0. The van der Waals surface area contributed by atoms with Gasteiger partial charge in [-0.05, 0) is 0 Å². The molecular weight excluding hydrogens is 484 g/mol. The fraction of sp³-hybridized carbons (Fsp3) is 1.00. The molecule has 6 atom stereocenters. The normalized spacial score (nSPS) is 33.1. The highest BCUT2D eigenvalue weighted by Crippen LogP contribution is 2.52. The van der Waals surface area contributed by atoms with Gasteiger partial charge in [-0.15, -0.1) is 0 Å². The zero-order valence-corrected chi connectivity index (χ0v) is 16.6. The number of rotatable bonds is 8. The van der Waals surface area contributed by atoms with E-state index in [1.54, 1.807) is 0 Å². The van der Waals surface area contributed by atoms with E-state index in [0.29, 0.717) is 0 Å². The lowest BCUT2D eigenvalue weighted by atomic mass is 9.85. The lowest BCUT2D eigenvalue weighted by Crippen LogP contribution is -2.65. The first kappa shape index (κ1) is 26.4. The maximum atomic E-state index is 11.1. The molecule has 1 fully saturated rings. The first-order valence-corrected chi connectivity index (χ1v) is 12.6. The zero-order valence-electron chi connectivity index (χ0n) is 13.0. The highest BCUT2D eigenvalue weighted by Gasteiger charge is 2.58. The maximum absolute atomic E-state index is 11.1. The van der Waals surface area contributed by atoms with Gasteiger partial charge in [0.15, 0.2) is 0 Å². The van der Waals surface area contributed by atoms with E-state index in [1.807, 2.05) is 0 Å². The van der Waals surface area contributed by atoms with Crippen molar-refractivity contribution in [1.82, 2.24) is 0 Å². The van der Waals surface area contributed by atoms with Crippen molar-refractivity contribution in [3.8, 4) is 0 Å². The molecule has 0 amide bonds. The third-order valence-electron chi connectivity index (χ3n) is 3.03. The molecule has 0 aromatic carbocycles. The minimum atomic E-state index is -5.64. The van der Waals surface area contributed by atoms with E-state index < -0.39 is 67.9 Å². The first-order chi connectivity index (χ1) is 12.2. The fourth-order valence-electron chi connectivity index (χ4n) is 2.28. The van der Waals surface area contributed by atoms with Gasteiger partial charge in [0.25, 0.3) is 0 Å². The Labute approximate surface area is 154 Å². The van der Waals surface area contributed by atoms with Gasteiger partial charge in [-0.25, -0.2) is 18.3 Å². The number of aliphatic hydroxyl groups is 2. The Bertz CT molecular complexity index is 688. The van der Waals surface area contributed by atoms with Gasteiger partial charge in [-0.1, -0.05) is 0 Å². The van der Waals surface area contributed by atoms with Crippen LogP contribution in [0.2, 0.25) is 0 Å². The smallest absolute Gasteiger partial charge is 0.387 e. The number of aliphatic hydroxyl groups excluding tert-OH is 2. The molecule has 0 spiro atoms. The molecule has 10 N–H and O–H groups in total. The highest BCUT2D eigenvalue weighted by atomic mass is 31.2. The SMILES string of the molecule is O=P(O)(O)OC1[C@@H](OP(=O)(O)O)[C@H](O)C(OP(=O)(O)O)[C@H](O)[C@@H]1OP(=O)(O)O. The quantitative estimate of drug-likeness (QED) is 0.145. The van der Waals surface area contributed by atoms with E-state index in [0.717, 1.165) is 0 Å². The summed E-state index contributed by atoms with van der Waals surface area (Å²) in [7, 11) is -22.4. The predicted molar refractivity (Wildman–Crippen MR) is 79.7 cm³/mol.